The van der Waals surface area contributed by atoms with E-state index in [0.717, 1.165) is 16.8 Å². The maximum Gasteiger partial charge on any atom is 0.345 e. The predicted octanol–water partition coefficient (Wildman–Crippen LogP) is 5.38. The fraction of sp³-hybridized carbons (Fsp3) is 0. The molecule has 0 saturated carbocycles. The second kappa shape index (κ2) is 9.93. The average molecular weight is 474 g/mol. The maximum absolute atomic E-state index is 12.7. The number of amides is 1. The molecule has 0 aliphatic carbocycles. The van der Waals surface area contributed by atoms with Crippen LogP contribution >= 0.6 is 11.6 Å². The smallest absolute Gasteiger partial charge is 0.345 e. The number of hydrogen-bond donors (Lipinski definition) is 1. The molecule has 168 valence electrons. The number of carbonyl (C=O) groups is 2. The highest BCUT2D eigenvalue weighted by molar-refractivity contribution is 6.33. The Hall–Kier alpha value is -4.56. The maximum atomic E-state index is 12.7. The van der Waals surface area contributed by atoms with E-state index in [1.807, 2.05) is 24.3 Å². The Balaban J connectivity index is 1.63. The summed E-state index contributed by atoms with van der Waals surface area (Å²) in [7, 11) is 0. The Kier molecular flexibility index (Phi) is 6.61. The van der Waals surface area contributed by atoms with Gasteiger partial charge in [-0.3, -0.25) is 14.9 Å². The zero-order chi connectivity index (χ0) is 24.1. The second-order valence-corrected chi connectivity index (χ2v) is 7.48. The van der Waals surface area contributed by atoms with Crippen molar-refractivity contribution >= 4 is 46.2 Å². The Bertz CT molecular complexity index is 1450. The normalized spacial score (nSPS) is 10.9. The van der Waals surface area contributed by atoms with Crippen molar-refractivity contribution in [3.05, 3.63) is 117 Å². The molecule has 0 aliphatic rings. The molecule has 0 saturated heterocycles. The minimum absolute atomic E-state index is 0.0784. The lowest BCUT2D eigenvalue weighted by Crippen LogP contribution is -2.18. The summed E-state index contributed by atoms with van der Waals surface area (Å²) >= 11 is 6.11. The van der Waals surface area contributed by atoms with Crippen LogP contribution in [0.1, 0.15) is 26.3 Å². The number of halogens is 1. The van der Waals surface area contributed by atoms with Crippen molar-refractivity contribution in [3.8, 4) is 5.75 Å². The Morgan fingerprint density at radius 3 is 2.53 bits per heavy atom. The largest absolute Gasteiger partial charge is 0.422 e. The third-order valence-electron chi connectivity index (χ3n) is 4.91. The van der Waals surface area contributed by atoms with Gasteiger partial charge in [-0.25, -0.2) is 10.2 Å². The summed E-state index contributed by atoms with van der Waals surface area (Å²) in [5, 5.41) is 16.8. The van der Waals surface area contributed by atoms with Crippen molar-refractivity contribution in [2.24, 2.45) is 5.10 Å². The zero-order valence-corrected chi connectivity index (χ0v) is 18.2. The number of fused-ring (bicyclic) bond motifs is 1. The Morgan fingerprint density at radius 1 is 0.971 bits per heavy atom. The lowest BCUT2D eigenvalue weighted by molar-refractivity contribution is -0.384. The fourth-order valence-corrected chi connectivity index (χ4v) is 3.47. The summed E-state index contributed by atoms with van der Waals surface area (Å²) in [5.74, 6) is -1.05. The molecule has 34 heavy (non-hydrogen) atoms. The number of hydrogen-bond acceptors (Lipinski definition) is 6. The van der Waals surface area contributed by atoms with E-state index in [0.29, 0.717) is 5.56 Å². The van der Waals surface area contributed by atoms with Gasteiger partial charge in [-0.05, 0) is 35.0 Å². The summed E-state index contributed by atoms with van der Waals surface area (Å²) in [6, 6.07) is 22.6. The minimum Gasteiger partial charge on any atom is -0.422 e. The van der Waals surface area contributed by atoms with Crippen molar-refractivity contribution in [1.29, 1.82) is 0 Å². The van der Waals surface area contributed by atoms with Gasteiger partial charge in [0.25, 0.3) is 11.6 Å². The number of nitro benzene ring substituents is 1. The van der Waals surface area contributed by atoms with Crippen LogP contribution in [0.3, 0.4) is 0 Å². The number of benzene rings is 4. The van der Waals surface area contributed by atoms with E-state index in [1.54, 1.807) is 36.4 Å². The number of nitrogens with one attached hydrogen (secondary N) is 1. The number of ether oxygens (including phenoxy) is 1. The Morgan fingerprint density at radius 2 is 1.74 bits per heavy atom. The molecular formula is C25H16ClN3O5. The van der Waals surface area contributed by atoms with Gasteiger partial charge in [-0.15, -0.1) is 0 Å². The van der Waals surface area contributed by atoms with E-state index in [1.165, 1.54) is 24.4 Å². The highest BCUT2D eigenvalue weighted by atomic mass is 35.5. The first-order valence-corrected chi connectivity index (χ1v) is 10.4. The highest BCUT2D eigenvalue weighted by Gasteiger charge is 2.16. The third-order valence-corrected chi connectivity index (χ3v) is 5.24. The van der Waals surface area contributed by atoms with E-state index >= 15 is 0 Å². The standard InChI is InChI=1S/C25H16ClN3O5/c26-22-11-4-3-10-20(22)25(31)34-23-13-12-16-6-1-2-9-19(16)21(23)15-27-28-24(30)17-7-5-8-18(14-17)29(32)33/h1-15H,(H,28,30)/b27-15-. The summed E-state index contributed by atoms with van der Waals surface area (Å²) < 4.78 is 5.60. The molecule has 0 bridgehead atoms. The molecule has 4 rings (SSSR count). The van der Waals surface area contributed by atoms with Crippen LogP contribution in [0.4, 0.5) is 5.69 Å². The predicted molar refractivity (Wildman–Crippen MR) is 129 cm³/mol. The number of nitro groups is 1. The molecule has 0 fully saturated rings. The molecule has 9 heteroatoms. The average Bonchev–Trinajstić information content (AvgIpc) is 2.85. The molecule has 0 heterocycles. The summed E-state index contributed by atoms with van der Waals surface area (Å²) in [6.45, 7) is 0. The SMILES string of the molecule is O=C(N/N=C\c1c(OC(=O)c2ccccc2Cl)ccc2ccccc12)c1cccc([N+](=O)[O-])c1. The molecular weight excluding hydrogens is 458 g/mol. The van der Waals surface area contributed by atoms with Gasteiger partial charge in [0.2, 0.25) is 0 Å². The Labute approximate surface area is 198 Å². The van der Waals surface area contributed by atoms with Crippen LogP contribution in [0.5, 0.6) is 5.75 Å². The molecule has 0 aliphatic heterocycles. The van der Waals surface area contributed by atoms with E-state index in [9.17, 15) is 19.7 Å². The highest BCUT2D eigenvalue weighted by Crippen LogP contribution is 2.28. The number of nitrogens with zero attached hydrogens (tertiary/aromatic N) is 2. The van der Waals surface area contributed by atoms with Crippen molar-refractivity contribution < 1.29 is 19.2 Å². The van der Waals surface area contributed by atoms with Crippen molar-refractivity contribution in [2.75, 3.05) is 0 Å². The first kappa shape index (κ1) is 22.6. The molecule has 0 spiro atoms. The van der Waals surface area contributed by atoms with Crippen LogP contribution in [0, 0.1) is 10.1 Å². The number of carbonyl (C=O) groups excluding carboxylic acids is 2. The zero-order valence-electron chi connectivity index (χ0n) is 17.5. The minimum atomic E-state index is -0.642. The van der Waals surface area contributed by atoms with Gasteiger partial charge in [0.1, 0.15) is 5.75 Å². The van der Waals surface area contributed by atoms with Crippen molar-refractivity contribution in [2.45, 2.75) is 0 Å². The summed E-state index contributed by atoms with van der Waals surface area (Å²) in [5.41, 5.74) is 2.88. The van der Waals surface area contributed by atoms with E-state index in [2.05, 4.69) is 10.5 Å². The van der Waals surface area contributed by atoms with Crippen LogP contribution in [-0.4, -0.2) is 23.0 Å². The van der Waals surface area contributed by atoms with Crippen molar-refractivity contribution in [1.82, 2.24) is 5.43 Å². The van der Waals surface area contributed by atoms with E-state index in [-0.39, 0.29) is 27.6 Å². The molecule has 8 nitrogen and oxygen atoms in total. The van der Waals surface area contributed by atoms with Crippen molar-refractivity contribution in [3.63, 3.8) is 0 Å². The van der Waals surface area contributed by atoms with Gasteiger partial charge < -0.3 is 4.74 Å². The monoisotopic (exact) mass is 473 g/mol. The lowest BCUT2D eigenvalue weighted by atomic mass is 10.0. The van der Waals surface area contributed by atoms with Crippen LogP contribution < -0.4 is 10.2 Å². The summed E-state index contributed by atoms with van der Waals surface area (Å²) in [4.78, 5) is 35.5. The molecule has 1 N–H and O–H groups in total. The molecule has 4 aromatic carbocycles. The molecule has 0 aromatic heterocycles. The van der Waals surface area contributed by atoms with Gasteiger partial charge in [0.05, 0.1) is 21.7 Å². The van der Waals surface area contributed by atoms with Gasteiger partial charge >= 0.3 is 5.97 Å². The summed E-state index contributed by atoms with van der Waals surface area (Å²) in [6.07, 6.45) is 1.35. The fourth-order valence-electron chi connectivity index (χ4n) is 3.26. The quantitative estimate of drug-likeness (QED) is 0.133. The van der Waals surface area contributed by atoms with Gasteiger partial charge in [-0.2, -0.15) is 5.10 Å². The molecule has 0 radical (unpaired) electrons. The lowest BCUT2D eigenvalue weighted by Gasteiger charge is -2.11. The van der Waals surface area contributed by atoms with Crippen LogP contribution in [0.15, 0.2) is 90.0 Å². The van der Waals surface area contributed by atoms with Crippen LogP contribution in [-0.2, 0) is 0 Å². The van der Waals surface area contributed by atoms with Crippen LogP contribution in [0.25, 0.3) is 10.8 Å². The number of esters is 1. The first-order chi connectivity index (χ1) is 16.4. The van der Waals surface area contributed by atoms with Gasteiger partial charge in [0.15, 0.2) is 0 Å². The first-order valence-electron chi connectivity index (χ1n) is 10.0. The number of non-ortho nitro benzene ring substituents is 1. The number of rotatable bonds is 6. The topological polar surface area (TPSA) is 111 Å². The van der Waals surface area contributed by atoms with Crippen LogP contribution in [0.2, 0.25) is 5.02 Å². The second-order valence-electron chi connectivity index (χ2n) is 7.07. The van der Waals surface area contributed by atoms with Gasteiger partial charge in [-0.1, -0.05) is 60.1 Å². The molecule has 1 amide bonds. The molecule has 0 unspecified atom stereocenters. The third kappa shape index (κ3) is 4.92. The molecule has 4 aromatic rings. The molecule has 0 atom stereocenters. The van der Waals surface area contributed by atoms with Gasteiger partial charge in [0, 0.05) is 23.3 Å². The number of hydrazone groups is 1. The van der Waals surface area contributed by atoms with E-state index in [4.69, 9.17) is 16.3 Å². The van der Waals surface area contributed by atoms with E-state index < -0.39 is 16.8 Å².